The molecule has 1 N–H and O–H groups in total. The summed E-state index contributed by atoms with van der Waals surface area (Å²) < 4.78 is 4.81. The molecule has 0 unspecified atom stereocenters. The maximum Gasteiger partial charge on any atom is 0.257 e. The molecule has 0 saturated carbocycles. The summed E-state index contributed by atoms with van der Waals surface area (Å²) in [6.45, 7) is 0.788. The Morgan fingerprint density at radius 3 is 2.89 bits per heavy atom. The zero-order valence-electron chi connectivity index (χ0n) is 10.9. The molecule has 19 heavy (non-hydrogen) atoms. The first-order valence-corrected chi connectivity index (χ1v) is 6.04. The lowest BCUT2D eigenvalue weighted by molar-refractivity contribution is -0.121. The molecule has 0 aliphatic rings. The number of hydrogen-bond donors (Lipinski definition) is 1. The average molecular weight is 286 g/mol. The Bertz CT molecular complexity index is 454. The SMILES string of the molecule is COCCNC(=O)CN(C)C(=O)c1cnccc1Cl. The summed E-state index contributed by atoms with van der Waals surface area (Å²) in [6, 6.07) is 1.53. The number of carbonyl (C=O) groups is 2. The minimum absolute atomic E-state index is 0.0478. The summed E-state index contributed by atoms with van der Waals surface area (Å²) in [7, 11) is 3.08. The molecule has 0 atom stereocenters. The number of carbonyl (C=O) groups excluding carboxylic acids is 2. The monoisotopic (exact) mass is 285 g/mol. The van der Waals surface area contributed by atoms with E-state index in [1.54, 1.807) is 7.11 Å². The van der Waals surface area contributed by atoms with E-state index >= 15 is 0 Å². The molecule has 1 aromatic rings. The van der Waals surface area contributed by atoms with Gasteiger partial charge in [-0.1, -0.05) is 11.6 Å². The van der Waals surface area contributed by atoms with E-state index in [9.17, 15) is 9.59 Å². The lowest BCUT2D eigenvalue weighted by atomic mass is 10.2. The number of methoxy groups -OCH3 is 1. The summed E-state index contributed by atoms with van der Waals surface area (Å²) in [6.07, 6.45) is 2.88. The van der Waals surface area contributed by atoms with Gasteiger partial charge in [-0.2, -0.15) is 0 Å². The number of rotatable bonds is 6. The summed E-state index contributed by atoms with van der Waals surface area (Å²) in [5.74, 6) is -0.604. The second-order valence-electron chi connectivity index (χ2n) is 3.86. The maximum atomic E-state index is 12.0. The number of nitrogens with zero attached hydrogens (tertiary/aromatic N) is 2. The van der Waals surface area contributed by atoms with E-state index in [1.807, 2.05) is 0 Å². The van der Waals surface area contributed by atoms with Crippen LogP contribution in [-0.2, 0) is 9.53 Å². The van der Waals surface area contributed by atoms with Crippen molar-refractivity contribution in [1.29, 1.82) is 0 Å². The topological polar surface area (TPSA) is 71.5 Å². The zero-order chi connectivity index (χ0) is 14.3. The van der Waals surface area contributed by atoms with Crippen molar-refractivity contribution in [2.24, 2.45) is 0 Å². The van der Waals surface area contributed by atoms with Gasteiger partial charge in [0.2, 0.25) is 5.91 Å². The molecule has 0 aliphatic carbocycles. The van der Waals surface area contributed by atoms with Crippen molar-refractivity contribution in [2.75, 3.05) is 33.9 Å². The normalized spacial score (nSPS) is 10.1. The van der Waals surface area contributed by atoms with Crippen LogP contribution >= 0.6 is 11.6 Å². The summed E-state index contributed by atoms with van der Waals surface area (Å²) in [4.78, 5) is 28.7. The van der Waals surface area contributed by atoms with Crippen LogP contribution in [0.25, 0.3) is 0 Å². The van der Waals surface area contributed by atoms with Crippen molar-refractivity contribution in [2.45, 2.75) is 0 Å². The number of aromatic nitrogens is 1. The van der Waals surface area contributed by atoms with Gasteiger partial charge in [-0.15, -0.1) is 0 Å². The average Bonchev–Trinajstić information content (AvgIpc) is 2.38. The third-order valence-corrected chi connectivity index (χ3v) is 2.68. The molecule has 0 saturated heterocycles. The summed E-state index contributed by atoms with van der Waals surface area (Å²) >= 11 is 5.90. The molecule has 0 aliphatic heterocycles. The van der Waals surface area contributed by atoms with Crippen molar-refractivity contribution in [3.05, 3.63) is 29.0 Å². The fraction of sp³-hybridized carbons (Fsp3) is 0.417. The molecule has 1 heterocycles. The fourth-order valence-corrected chi connectivity index (χ4v) is 1.56. The third kappa shape index (κ3) is 4.84. The van der Waals surface area contributed by atoms with Gasteiger partial charge in [0.1, 0.15) is 0 Å². The van der Waals surface area contributed by atoms with E-state index in [1.165, 1.54) is 30.4 Å². The molecule has 1 aromatic heterocycles. The third-order valence-electron chi connectivity index (χ3n) is 2.35. The predicted molar refractivity (Wildman–Crippen MR) is 71.1 cm³/mol. The van der Waals surface area contributed by atoms with Gasteiger partial charge in [0.05, 0.1) is 23.7 Å². The standard InChI is InChI=1S/C12H16ClN3O3/c1-16(8-11(17)15-5-6-19-2)12(18)9-7-14-4-3-10(9)13/h3-4,7H,5-6,8H2,1-2H3,(H,15,17). The molecular formula is C12H16ClN3O3. The lowest BCUT2D eigenvalue weighted by Gasteiger charge is -2.17. The van der Waals surface area contributed by atoms with Crippen LogP contribution in [0.2, 0.25) is 5.02 Å². The van der Waals surface area contributed by atoms with Crippen molar-refractivity contribution in [3.8, 4) is 0 Å². The number of nitrogens with one attached hydrogen (secondary N) is 1. The van der Waals surface area contributed by atoms with Crippen LogP contribution < -0.4 is 5.32 Å². The fourth-order valence-electron chi connectivity index (χ4n) is 1.38. The lowest BCUT2D eigenvalue weighted by Crippen LogP contribution is -2.39. The molecule has 1 rings (SSSR count). The van der Waals surface area contributed by atoms with Crippen molar-refractivity contribution < 1.29 is 14.3 Å². The van der Waals surface area contributed by atoms with Crippen LogP contribution in [-0.4, -0.2) is 55.6 Å². The summed E-state index contributed by atoms with van der Waals surface area (Å²) in [5, 5.41) is 2.94. The molecule has 0 bridgehead atoms. The van der Waals surface area contributed by atoms with E-state index in [4.69, 9.17) is 16.3 Å². The highest BCUT2D eigenvalue weighted by Crippen LogP contribution is 2.14. The van der Waals surface area contributed by atoms with Crippen molar-refractivity contribution >= 4 is 23.4 Å². The highest BCUT2D eigenvalue weighted by molar-refractivity contribution is 6.33. The number of amides is 2. The molecule has 6 nitrogen and oxygen atoms in total. The van der Waals surface area contributed by atoms with Crippen LogP contribution in [0.15, 0.2) is 18.5 Å². The Morgan fingerprint density at radius 2 is 2.26 bits per heavy atom. The van der Waals surface area contributed by atoms with Crippen molar-refractivity contribution in [1.82, 2.24) is 15.2 Å². The number of hydrogen-bond acceptors (Lipinski definition) is 4. The second kappa shape index (κ2) is 7.70. The predicted octanol–water partition coefficient (Wildman–Crippen LogP) is 0.570. The Balaban J connectivity index is 2.54. The molecule has 0 radical (unpaired) electrons. The highest BCUT2D eigenvalue weighted by Gasteiger charge is 2.17. The minimum atomic E-state index is -0.347. The van der Waals surface area contributed by atoms with Crippen LogP contribution in [0.4, 0.5) is 0 Å². The smallest absolute Gasteiger partial charge is 0.257 e. The molecule has 0 fully saturated rings. The minimum Gasteiger partial charge on any atom is -0.383 e. The van der Waals surface area contributed by atoms with Gasteiger partial charge in [0.25, 0.3) is 5.91 Å². The Labute approximate surface area is 116 Å². The quantitative estimate of drug-likeness (QED) is 0.776. The highest BCUT2D eigenvalue weighted by atomic mass is 35.5. The number of pyridine rings is 1. The van der Waals surface area contributed by atoms with Gasteiger partial charge < -0.3 is 15.0 Å². The first kappa shape index (κ1) is 15.4. The maximum absolute atomic E-state index is 12.0. The van der Waals surface area contributed by atoms with E-state index in [0.29, 0.717) is 18.2 Å². The molecule has 0 spiro atoms. The molecular weight excluding hydrogens is 270 g/mol. The van der Waals surface area contributed by atoms with Gasteiger partial charge in [-0.05, 0) is 6.07 Å². The van der Waals surface area contributed by atoms with E-state index in [-0.39, 0.29) is 23.9 Å². The van der Waals surface area contributed by atoms with E-state index in [2.05, 4.69) is 10.3 Å². The van der Waals surface area contributed by atoms with Gasteiger partial charge >= 0.3 is 0 Å². The Morgan fingerprint density at radius 1 is 1.53 bits per heavy atom. The van der Waals surface area contributed by atoms with Crippen LogP contribution in [0.1, 0.15) is 10.4 Å². The number of halogens is 1. The zero-order valence-corrected chi connectivity index (χ0v) is 11.6. The van der Waals surface area contributed by atoms with Crippen LogP contribution in [0, 0.1) is 0 Å². The number of likely N-dealkylation sites (N-methyl/N-ethyl adjacent to an activating group) is 1. The van der Waals surface area contributed by atoms with Gasteiger partial charge in [0.15, 0.2) is 0 Å². The van der Waals surface area contributed by atoms with Crippen LogP contribution in [0.5, 0.6) is 0 Å². The van der Waals surface area contributed by atoms with Crippen LogP contribution in [0.3, 0.4) is 0 Å². The molecule has 2 amide bonds. The van der Waals surface area contributed by atoms with E-state index < -0.39 is 0 Å². The molecule has 104 valence electrons. The number of ether oxygens (including phenoxy) is 1. The second-order valence-corrected chi connectivity index (χ2v) is 4.27. The van der Waals surface area contributed by atoms with Crippen molar-refractivity contribution in [3.63, 3.8) is 0 Å². The Kier molecular flexibility index (Phi) is 6.24. The summed E-state index contributed by atoms with van der Waals surface area (Å²) in [5.41, 5.74) is 0.274. The van der Waals surface area contributed by atoms with E-state index in [0.717, 1.165) is 0 Å². The van der Waals surface area contributed by atoms with Gasteiger partial charge in [-0.25, -0.2) is 0 Å². The first-order valence-electron chi connectivity index (χ1n) is 5.67. The molecule has 0 aromatic carbocycles. The van der Waals surface area contributed by atoms with Gasteiger partial charge in [-0.3, -0.25) is 14.6 Å². The largest absolute Gasteiger partial charge is 0.383 e. The van der Waals surface area contributed by atoms with Gasteiger partial charge in [0, 0.05) is 33.1 Å². The first-order chi connectivity index (χ1) is 9.06. The Hall–Kier alpha value is -1.66. The molecule has 7 heteroatoms.